The number of hydrogen-bond acceptors (Lipinski definition) is 3. The van der Waals surface area contributed by atoms with E-state index in [2.05, 4.69) is 0 Å². The maximum absolute atomic E-state index is 12.8. The monoisotopic (exact) mass is 310 g/mol. The van der Waals surface area contributed by atoms with Gasteiger partial charge in [-0.05, 0) is 37.5 Å². The van der Waals surface area contributed by atoms with Crippen LogP contribution in [0.4, 0.5) is 5.69 Å². The average molecular weight is 310 g/mol. The lowest BCUT2D eigenvalue weighted by atomic mass is 10.0. The molecule has 1 atom stereocenters. The highest BCUT2D eigenvalue weighted by molar-refractivity contribution is 5.95. The Balaban J connectivity index is 1.87. The summed E-state index contributed by atoms with van der Waals surface area (Å²) in [6.07, 6.45) is 1.92. The van der Waals surface area contributed by atoms with E-state index in [4.69, 9.17) is 0 Å². The van der Waals surface area contributed by atoms with Gasteiger partial charge in [0.25, 0.3) is 11.6 Å². The summed E-state index contributed by atoms with van der Waals surface area (Å²) in [6.45, 7) is 2.38. The number of likely N-dealkylation sites (tertiary alicyclic amines) is 1. The van der Waals surface area contributed by atoms with Gasteiger partial charge in [0.05, 0.1) is 11.0 Å². The predicted molar refractivity (Wildman–Crippen MR) is 87.3 cm³/mol. The minimum absolute atomic E-state index is 0.0441. The molecular formula is C18H18N2O3. The molecule has 0 saturated carbocycles. The summed E-state index contributed by atoms with van der Waals surface area (Å²) in [4.78, 5) is 25.2. The molecule has 2 aromatic rings. The van der Waals surface area contributed by atoms with Crippen molar-refractivity contribution in [3.8, 4) is 0 Å². The number of nitrogens with zero attached hydrogens (tertiary/aromatic N) is 2. The van der Waals surface area contributed by atoms with E-state index in [-0.39, 0.29) is 17.6 Å². The molecule has 0 N–H and O–H groups in total. The van der Waals surface area contributed by atoms with Crippen LogP contribution in [0.3, 0.4) is 0 Å². The molecule has 5 heteroatoms. The maximum Gasteiger partial charge on any atom is 0.272 e. The summed E-state index contributed by atoms with van der Waals surface area (Å²) < 4.78 is 0. The highest BCUT2D eigenvalue weighted by atomic mass is 16.6. The lowest BCUT2D eigenvalue weighted by Crippen LogP contribution is -2.30. The van der Waals surface area contributed by atoms with Crippen LogP contribution >= 0.6 is 0 Å². The molecule has 1 fully saturated rings. The van der Waals surface area contributed by atoms with Crippen LogP contribution in [0.1, 0.15) is 40.4 Å². The topological polar surface area (TPSA) is 63.5 Å². The second-order valence-electron chi connectivity index (χ2n) is 5.83. The third-order valence-corrected chi connectivity index (χ3v) is 4.34. The highest BCUT2D eigenvalue weighted by Gasteiger charge is 2.30. The first-order valence-corrected chi connectivity index (χ1v) is 7.69. The number of rotatable bonds is 3. The molecule has 1 heterocycles. The summed E-state index contributed by atoms with van der Waals surface area (Å²) in [6, 6.07) is 14.7. The minimum atomic E-state index is -0.424. The smallest absolute Gasteiger partial charge is 0.272 e. The average Bonchev–Trinajstić information content (AvgIpc) is 3.04. The molecule has 3 rings (SSSR count). The van der Waals surface area contributed by atoms with Crippen molar-refractivity contribution in [3.05, 3.63) is 75.3 Å². The number of carbonyl (C=O) groups excluding carboxylic acids is 1. The van der Waals surface area contributed by atoms with Gasteiger partial charge in [-0.2, -0.15) is 0 Å². The Bertz CT molecular complexity index is 743. The number of hydrogen-bond donors (Lipinski definition) is 0. The zero-order valence-corrected chi connectivity index (χ0v) is 12.9. The van der Waals surface area contributed by atoms with Gasteiger partial charge in [0.15, 0.2) is 0 Å². The summed E-state index contributed by atoms with van der Waals surface area (Å²) in [7, 11) is 0. The molecule has 0 radical (unpaired) electrons. The van der Waals surface area contributed by atoms with Crippen molar-refractivity contribution in [1.82, 2.24) is 4.90 Å². The molecule has 2 aromatic carbocycles. The van der Waals surface area contributed by atoms with Gasteiger partial charge in [-0.25, -0.2) is 0 Å². The van der Waals surface area contributed by atoms with Crippen LogP contribution in [0.15, 0.2) is 48.5 Å². The van der Waals surface area contributed by atoms with Crippen molar-refractivity contribution < 1.29 is 9.72 Å². The Kier molecular flexibility index (Phi) is 4.10. The van der Waals surface area contributed by atoms with E-state index in [0.29, 0.717) is 17.7 Å². The van der Waals surface area contributed by atoms with Crippen LogP contribution < -0.4 is 0 Å². The van der Waals surface area contributed by atoms with Crippen molar-refractivity contribution in [1.29, 1.82) is 0 Å². The van der Waals surface area contributed by atoms with E-state index < -0.39 is 4.92 Å². The first-order valence-electron chi connectivity index (χ1n) is 7.69. The van der Waals surface area contributed by atoms with E-state index in [0.717, 1.165) is 18.4 Å². The predicted octanol–water partition coefficient (Wildman–Crippen LogP) is 3.88. The summed E-state index contributed by atoms with van der Waals surface area (Å²) >= 11 is 0. The second kappa shape index (κ2) is 6.20. The Morgan fingerprint density at radius 2 is 1.96 bits per heavy atom. The number of nitro groups is 1. The molecule has 1 aliphatic rings. The molecule has 0 spiro atoms. The minimum Gasteiger partial charge on any atom is -0.332 e. The van der Waals surface area contributed by atoms with Crippen molar-refractivity contribution in [2.45, 2.75) is 25.8 Å². The van der Waals surface area contributed by atoms with Gasteiger partial charge in [0.1, 0.15) is 0 Å². The van der Waals surface area contributed by atoms with E-state index in [1.54, 1.807) is 19.1 Å². The van der Waals surface area contributed by atoms with Gasteiger partial charge in [-0.3, -0.25) is 14.9 Å². The van der Waals surface area contributed by atoms with Crippen LogP contribution in [0.2, 0.25) is 0 Å². The van der Waals surface area contributed by atoms with Gasteiger partial charge in [-0.15, -0.1) is 0 Å². The SMILES string of the molecule is Cc1cc(C(=O)N2CCCC2c2ccccc2)ccc1[N+](=O)[O-]. The van der Waals surface area contributed by atoms with Crippen LogP contribution in [0, 0.1) is 17.0 Å². The molecular weight excluding hydrogens is 292 g/mol. The molecule has 23 heavy (non-hydrogen) atoms. The number of benzene rings is 2. The third kappa shape index (κ3) is 2.95. The Labute approximate surface area is 134 Å². The fraction of sp³-hybridized carbons (Fsp3) is 0.278. The quantitative estimate of drug-likeness (QED) is 0.638. The van der Waals surface area contributed by atoms with Crippen molar-refractivity contribution >= 4 is 11.6 Å². The van der Waals surface area contributed by atoms with Crippen LogP contribution in [-0.2, 0) is 0 Å². The molecule has 1 unspecified atom stereocenters. The highest BCUT2D eigenvalue weighted by Crippen LogP contribution is 2.33. The molecule has 1 aliphatic heterocycles. The molecule has 118 valence electrons. The fourth-order valence-corrected chi connectivity index (χ4v) is 3.19. The Hall–Kier alpha value is -2.69. The molecule has 0 bridgehead atoms. The second-order valence-corrected chi connectivity index (χ2v) is 5.83. The molecule has 5 nitrogen and oxygen atoms in total. The van der Waals surface area contributed by atoms with E-state index >= 15 is 0 Å². The Morgan fingerprint density at radius 3 is 2.61 bits per heavy atom. The first-order chi connectivity index (χ1) is 11.1. The molecule has 1 amide bonds. The molecule has 0 aliphatic carbocycles. The van der Waals surface area contributed by atoms with Crippen molar-refractivity contribution in [3.63, 3.8) is 0 Å². The lowest BCUT2D eigenvalue weighted by molar-refractivity contribution is -0.385. The van der Waals surface area contributed by atoms with E-state index in [1.807, 2.05) is 35.2 Å². The largest absolute Gasteiger partial charge is 0.332 e. The summed E-state index contributed by atoms with van der Waals surface area (Å²) in [5.74, 6) is -0.0608. The number of carbonyl (C=O) groups is 1. The molecule has 1 saturated heterocycles. The standard InChI is InChI=1S/C18H18N2O3/c1-13-12-15(9-10-16(13)20(22)23)18(21)19-11-5-8-17(19)14-6-3-2-4-7-14/h2-4,6-7,9-10,12,17H,5,8,11H2,1H3. The zero-order valence-electron chi connectivity index (χ0n) is 12.9. The van der Waals surface area contributed by atoms with Gasteiger partial charge in [-0.1, -0.05) is 30.3 Å². The molecule has 0 aromatic heterocycles. The van der Waals surface area contributed by atoms with Crippen molar-refractivity contribution in [2.75, 3.05) is 6.54 Å². The lowest BCUT2D eigenvalue weighted by Gasteiger charge is -2.25. The van der Waals surface area contributed by atoms with Gasteiger partial charge >= 0.3 is 0 Å². The van der Waals surface area contributed by atoms with E-state index in [9.17, 15) is 14.9 Å². The van der Waals surface area contributed by atoms with Crippen LogP contribution in [0.25, 0.3) is 0 Å². The maximum atomic E-state index is 12.8. The third-order valence-electron chi connectivity index (χ3n) is 4.34. The van der Waals surface area contributed by atoms with Crippen LogP contribution in [0.5, 0.6) is 0 Å². The van der Waals surface area contributed by atoms with Crippen LogP contribution in [-0.4, -0.2) is 22.3 Å². The van der Waals surface area contributed by atoms with Gasteiger partial charge in [0.2, 0.25) is 0 Å². The number of nitro benzene ring substituents is 1. The number of aryl methyl sites for hydroxylation is 1. The van der Waals surface area contributed by atoms with Gasteiger partial charge in [0, 0.05) is 23.7 Å². The first kappa shape index (κ1) is 15.2. The number of amides is 1. The fourth-order valence-electron chi connectivity index (χ4n) is 3.19. The Morgan fingerprint density at radius 1 is 1.22 bits per heavy atom. The van der Waals surface area contributed by atoms with Gasteiger partial charge < -0.3 is 4.90 Å². The summed E-state index contributed by atoms with van der Waals surface area (Å²) in [5, 5.41) is 10.9. The normalized spacial score (nSPS) is 17.3. The zero-order chi connectivity index (χ0) is 16.4. The summed E-state index contributed by atoms with van der Waals surface area (Å²) in [5.41, 5.74) is 2.20. The van der Waals surface area contributed by atoms with Crippen molar-refractivity contribution in [2.24, 2.45) is 0 Å². The van der Waals surface area contributed by atoms with E-state index in [1.165, 1.54) is 6.07 Å².